The zero-order valence-electron chi connectivity index (χ0n) is 16.8. The summed E-state index contributed by atoms with van der Waals surface area (Å²) in [6, 6.07) is 14.6. The van der Waals surface area contributed by atoms with Crippen LogP contribution < -0.4 is 0 Å². The molecule has 2 saturated heterocycles. The van der Waals surface area contributed by atoms with Crippen molar-refractivity contribution >= 4 is 27.6 Å². The van der Waals surface area contributed by atoms with E-state index in [2.05, 4.69) is 0 Å². The number of piperidine rings is 1. The summed E-state index contributed by atoms with van der Waals surface area (Å²) in [5, 5.41) is -0.532. The van der Waals surface area contributed by atoms with E-state index in [0.29, 0.717) is 28.9 Å². The molecule has 7 nitrogen and oxygen atoms in total. The van der Waals surface area contributed by atoms with Crippen LogP contribution in [-0.4, -0.2) is 59.8 Å². The molecule has 0 aromatic heterocycles. The zero-order valence-corrected chi connectivity index (χ0v) is 17.6. The van der Waals surface area contributed by atoms with E-state index >= 15 is 0 Å². The number of carbonyl (C=O) groups is 3. The minimum Gasteiger partial charge on any atom is -0.335 e. The van der Waals surface area contributed by atoms with Crippen LogP contribution >= 0.6 is 0 Å². The van der Waals surface area contributed by atoms with Gasteiger partial charge in [0.05, 0.1) is 21.3 Å². The van der Waals surface area contributed by atoms with Gasteiger partial charge >= 0.3 is 0 Å². The molecule has 0 saturated carbocycles. The summed E-state index contributed by atoms with van der Waals surface area (Å²) in [4.78, 5) is 41.3. The molecule has 31 heavy (non-hydrogen) atoms. The van der Waals surface area contributed by atoms with Crippen LogP contribution in [0.1, 0.15) is 46.4 Å². The third-order valence-corrected chi connectivity index (χ3v) is 8.85. The molecule has 5 rings (SSSR count). The molecule has 2 atom stereocenters. The molecule has 0 spiro atoms. The number of amides is 3. The van der Waals surface area contributed by atoms with Crippen LogP contribution in [0.2, 0.25) is 0 Å². The van der Waals surface area contributed by atoms with Crippen molar-refractivity contribution in [1.82, 2.24) is 9.80 Å². The van der Waals surface area contributed by atoms with E-state index < -0.39 is 26.9 Å². The smallest absolute Gasteiger partial charge is 0.262 e. The lowest BCUT2D eigenvalue weighted by Crippen LogP contribution is -2.53. The van der Waals surface area contributed by atoms with Gasteiger partial charge in [-0.05, 0) is 49.9 Å². The molecule has 0 N–H and O–H groups in total. The van der Waals surface area contributed by atoms with E-state index in [1.807, 2.05) is 0 Å². The minimum atomic E-state index is -3.47. The molecule has 160 valence electrons. The molecule has 2 unspecified atom stereocenters. The second-order valence-corrected chi connectivity index (χ2v) is 10.6. The Bertz CT molecular complexity index is 1130. The van der Waals surface area contributed by atoms with Crippen LogP contribution in [-0.2, 0) is 14.6 Å². The lowest BCUT2D eigenvalue weighted by Gasteiger charge is -2.39. The van der Waals surface area contributed by atoms with Gasteiger partial charge < -0.3 is 4.90 Å². The lowest BCUT2D eigenvalue weighted by atomic mass is 10.0. The third kappa shape index (κ3) is 3.17. The van der Waals surface area contributed by atoms with Gasteiger partial charge in [0, 0.05) is 12.1 Å². The van der Waals surface area contributed by atoms with Gasteiger partial charge in [-0.2, -0.15) is 0 Å². The number of hydrogen-bond donors (Lipinski definition) is 0. The first-order chi connectivity index (χ1) is 14.9. The van der Waals surface area contributed by atoms with Crippen molar-refractivity contribution in [2.24, 2.45) is 0 Å². The Hall–Kier alpha value is -3.00. The first kappa shape index (κ1) is 19.9. The Morgan fingerprint density at radius 2 is 1.35 bits per heavy atom. The van der Waals surface area contributed by atoms with Crippen LogP contribution in [0.5, 0.6) is 0 Å². The molecular weight excluding hydrogens is 416 g/mol. The van der Waals surface area contributed by atoms with Crippen LogP contribution in [0.3, 0.4) is 0 Å². The standard InChI is InChI=1S/C23H22N2O5S/c26-21(14-24-22(27)19-8-4-5-9-20(19)23(24)28)25-15-10-11-16(25)13-18(12-15)31(29,30)17-6-2-1-3-7-17/h1-9,15-16,18H,10-14H2. The summed E-state index contributed by atoms with van der Waals surface area (Å²) >= 11 is 0. The van der Waals surface area contributed by atoms with Gasteiger partial charge in [0.15, 0.2) is 9.84 Å². The normalized spacial score (nSPS) is 25.1. The van der Waals surface area contributed by atoms with E-state index in [4.69, 9.17) is 0 Å². The van der Waals surface area contributed by atoms with Crippen LogP contribution in [0.25, 0.3) is 0 Å². The van der Waals surface area contributed by atoms with Crippen LogP contribution in [0.15, 0.2) is 59.5 Å². The van der Waals surface area contributed by atoms with Gasteiger partial charge in [0.1, 0.15) is 6.54 Å². The molecule has 0 radical (unpaired) electrons. The first-order valence-corrected chi connectivity index (χ1v) is 12.0. The van der Waals surface area contributed by atoms with Gasteiger partial charge in [0.2, 0.25) is 5.91 Å². The van der Waals surface area contributed by atoms with Crippen molar-refractivity contribution in [2.45, 2.75) is 47.9 Å². The molecule has 2 fully saturated rings. The number of imide groups is 1. The highest BCUT2D eigenvalue weighted by atomic mass is 32.2. The molecule has 0 aliphatic carbocycles. The van der Waals surface area contributed by atoms with E-state index in [9.17, 15) is 22.8 Å². The number of benzene rings is 2. The van der Waals surface area contributed by atoms with Crippen molar-refractivity contribution in [3.05, 3.63) is 65.7 Å². The predicted octanol–water partition coefficient (Wildman–Crippen LogP) is 2.28. The fraction of sp³-hybridized carbons (Fsp3) is 0.348. The molecule has 3 amide bonds. The van der Waals surface area contributed by atoms with Gasteiger partial charge in [-0.15, -0.1) is 0 Å². The minimum absolute atomic E-state index is 0.190. The van der Waals surface area contributed by atoms with Gasteiger partial charge in [0.25, 0.3) is 11.8 Å². The van der Waals surface area contributed by atoms with Crippen molar-refractivity contribution in [1.29, 1.82) is 0 Å². The second-order valence-electron chi connectivity index (χ2n) is 8.38. The lowest BCUT2D eigenvalue weighted by molar-refractivity contribution is -0.135. The van der Waals surface area contributed by atoms with Crippen molar-refractivity contribution in [2.75, 3.05) is 6.54 Å². The van der Waals surface area contributed by atoms with Gasteiger partial charge in [-0.1, -0.05) is 30.3 Å². The van der Waals surface area contributed by atoms with Crippen molar-refractivity contribution < 1.29 is 22.8 Å². The maximum absolute atomic E-state index is 13.1. The Morgan fingerprint density at radius 1 is 0.839 bits per heavy atom. The monoisotopic (exact) mass is 438 g/mol. The molecule has 3 aliphatic rings. The van der Waals surface area contributed by atoms with Gasteiger partial charge in [-0.25, -0.2) is 8.42 Å². The average Bonchev–Trinajstić information content (AvgIpc) is 3.18. The maximum atomic E-state index is 13.1. The summed E-state index contributed by atoms with van der Waals surface area (Å²) in [6.45, 7) is -0.310. The number of rotatable bonds is 4. The Labute approximate surface area is 180 Å². The zero-order chi connectivity index (χ0) is 21.8. The highest BCUT2D eigenvalue weighted by Crippen LogP contribution is 2.40. The number of hydrogen-bond acceptors (Lipinski definition) is 5. The Morgan fingerprint density at radius 3 is 1.90 bits per heavy atom. The fourth-order valence-corrected chi connectivity index (χ4v) is 7.06. The quantitative estimate of drug-likeness (QED) is 0.683. The van der Waals surface area contributed by atoms with E-state index in [1.165, 1.54) is 0 Å². The highest BCUT2D eigenvalue weighted by Gasteiger charge is 2.48. The fourth-order valence-electron chi connectivity index (χ4n) is 5.19. The summed E-state index contributed by atoms with van der Waals surface area (Å²) in [7, 11) is -3.47. The largest absolute Gasteiger partial charge is 0.335 e. The SMILES string of the molecule is O=C1c2ccccc2C(=O)N1CC(=O)N1C2CCC1CC(S(=O)(=O)c1ccccc1)C2. The average molecular weight is 439 g/mol. The van der Waals surface area contributed by atoms with Crippen LogP contribution in [0, 0.1) is 0 Å². The maximum Gasteiger partial charge on any atom is 0.262 e. The number of nitrogens with zero attached hydrogens (tertiary/aromatic N) is 2. The Kier molecular flexibility index (Phi) is 4.69. The summed E-state index contributed by atoms with van der Waals surface area (Å²) in [5.41, 5.74) is 0.631. The number of carbonyl (C=O) groups excluding carboxylic acids is 3. The molecule has 2 bridgehead atoms. The first-order valence-electron chi connectivity index (χ1n) is 10.4. The summed E-state index contributed by atoms with van der Waals surface area (Å²) in [6.07, 6.45) is 2.22. The molecule has 3 aliphatic heterocycles. The third-order valence-electron chi connectivity index (χ3n) is 6.66. The predicted molar refractivity (Wildman–Crippen MR) is 112 cm³/mol. The highest BCUT2D eigenvalue weighted by molar-refractivity contribution is 7.92. The van der Waals surface area contributed by atoms with E-state index in [1.54, 1.807) is 59.5 Å². The molecule has 2 aromatic rings. The number of sulfone groups is 1. The van der Waals surface area contributed by atoms with E-state index in [0.717, 1.165) is 17.7 Å². The molecule has 3 heterocycles. The van der Waals surface area contributed by atoms with Gasteiger partial charge in [-0.3, -0.25) is 19.3 Å². The topological polar surface area (TPSA) is 91.8 Å². The van der Waals surface area contributed by atoms with E-state index in [-0.39, 0.29) is 24.5 Å². The second kappa shape index (κ2) is 7.30. The van der Waals surface area contributed by atoms with Crippen LogP contribution in [0.4, 0.5) is 0 Å². The Balaban J connectivity index is 1.32. The molecular formula is C23H22N2O5S. The molecule has 8 heteroatoms. The van der Waals surface area contributed by atoms with Crippen molar-refractivity contribution in [3.8, 4) is 0 Å². The molecule has 2 aromatic carbocycles. The summed E-state index contributed by atoms with van der Waals surface area (Å²) in [5.74, 6) is -1.21. The van der Waals surface area contributed by atoms with Crippen molar-refractivity contribution in [3.63, 3.8) is 0 Å². The summed E-state index contributed by atoms with van der Waals surface area (Å²) < 4.78 is 26.1. The number of fused-ring (bicyclic) bond motifs is 3.